The van der Waals surface area contributed by atoms with Gasteiger partial charge in [0.05, 0.1) is 31.1 Å². The Balaban J connectivity index is 0.00000180. The molecular formula is C21H25ClN2O3. The topological polar surface area (TPSA) is 54.6 Å². The number of nitrogens with zero attached hydrogens (tertiary/aromatic N) is 1. The van der Waals surface area contributed by atoms with E-state index in [-0.39, 0.29) is 30.4 Å². The Bertz CT molecular complexity index is 906. The standard InChI is InChI=1S/C21H24N2O3.ClH/c1-12-16-10-23-8-7-14-13-5-3-4-6-18(13)22-20(14)19(23)9-15(16)17(11-26-12)21(24)25-2;/h3-6,11-12,15-16,19,22H,7-10H2,1-2H3;1H/t12-,15?,16+,19?;/m0./s1. The van der Waals surface area contributed by atoms with Crippen molar-refractivity contribution in [2.24, 2.45) is 11.8 Å². The molecule has 0 bridgehead atoms. The van der Waals surface area contributed by atoms with Gasteiger partial charge in [0.15, 0.2) is 0 Å². The average molecular weight is 389 g/mol. The van der Waals surface area contributed by atoms with Crippen LogP contribution >= 0.6 is 12.4 Å². The average Bonchev–Trinajstić information content (AvgIpc) is 3.06. The molecule has 6 heteroatoms. The first-order valence-electron chi connectivity index (χ1n) is 9.44. The fourth-order valence-electron chi connectivity index (χ4n) is 5.19. The molecule has 1 saturated heterocycles. The number of fused-ring (bicyclic) bond motifs is 6. The molecule has 1 N–H and O–H groups in total. The SMILES string of the molecule is COC(=O)C1=CO[C@@H](C)[C@H]2CN3CCc4c([nH]c5ccccc45)C3CC12.Cl. The van der Waals surface area contributed by atoms with Crippen LogP contribution < -0.4 is 0 Å². The third kappa shape index (κ3) is 2.75. The number of esters is 1. The molecule has 4 heterocycles. The maximum atomic E-state index is 12.3. The van der Waals surface area contributed by atoms with Crippen molar-refractivity contribution in [3.63, 3.8) is 0 Å². The van der Waals surface area contributed by atoms with Crippen molar-refractivity contribution in [2.45, 2.75) is 31.9 Å². The molecular weight excluding hydrogens is 364 g/mol. The van der Waals surface area contributed by atoms with Crippen molar-refractivity contribution >= 4 is 29.3 Å². The van der Waals surface area contributed by atoms with Gasteiger partial charge >= 0.3 is 5.97 Å². The first kappa shape index (κ1) is 18.4. The van der Waals surface area contributed by atoms with Crippen LogP contribution in [0.5, 0.6) is 0 Å². The summed E-state index contributed by atoms with van der Waals surface area (Å²) in [4.78, 5) is 18.5. The second-order valence-corrected chi connectivity index (χ2v) is 7.74. The Labute approximate surface area is 165 Å². The minimum atomic E-state index is -0.256. The number of aromatic nitrogens is 1. The highest BCUT2D eigenvalue weighted by atomic mass is 35.5. The molecule has 3 aliphatic rings. The van der Waals surface area contributed by atoms with Gasteiger partial charge in [0.2, 0.25) is 0 Å². The lowest BCUT2D eigenvalue weighted by molar-refractivity contribution is -0.139. The van der Waals surface area contributed by atoms with E-state index in [2.05, 4.69) is 41.1 Å². The fraction of sp³-hybridized carbons (Fsp3) is 0.476. The second kappa shape index (κ2) is 6.88. The van der Waals surface area contributed by atoms with Gasteiger partial charge in [0.25, 0.3) is 0 Å². The van der Waals surface area contributed by atoms with E-state index in [9.17, 15) is 4.79 Å². The Kier molecular flexibility index (Phi) is 4.68. The van der Waals surface area contributed by atoms with Crippen LogP contribution in [0.2, 0.25) is 0 Å². The van der Waals surface area contributed by atoms with Gasteiger partial charge in [-0.2, -0.15) is 0 Å². The number of hydrogen-bond acceptors (Lipinski definition) is 4. The van der Waals surface area contributed by atoms with Crippen LogP contribution in [0.15, 0.2) is 36.1 Å². The molecule has 5 nitrogen and oxygen atoms in total. The van der Waals surface area contributed by atoms with Crippen molar-refractivity contribution in [3.05, 3.63) is 47.4 Å². The Morgan fingerprint density at radius 2 is 2.15 bits per heavy atom. The van der Waals surface area contributed by atoms with Gasteiger partial charge in [-0.3, -0.25) is 4.90 Å². The number of carbonyl (C=O) groups excluding carboxylic acids is 1. The van der Waals surface area contributed by atoms with E-state index in [0.717, 1.165) is 25.9 Å². The zero-order chi connectivity index (χ0) is 17.8. The highest BCUT2D eigenvalue weighted by Gasteiger charge is 2.46. The van der Waals surface area contributed by atoms with Crippen LogP contribution in [0.3, 0.4) is 0 Å². The number of ether oxygens (including phenoxy) is 2. The van der Waals surface area contributed by atoms with Gasteiger partial charge in [-0.15, -0.1) is 12.4 Å². The van der Waals surface area contributed by atoms with E-state index in [4.69, 9.17) is 9.47 Å². The molecule has 0 saturated carbocycles. The molecule has 0 spiro atoms. The number of aromatic amines is 1. The maximum Gasteiger partial charge on any atom is 0.337 e. The number of piperidine rings is 1. The lowest BCUT2D eigenvalue weighted by atomic mass is 9.72. The molecule has 5 rings (SSSR count). The minimum Gasteiger partial charge on any atom is -0.497 e. The molecule has 144 valence electrons. The van der Waals surface area contributed by atoms with Crippen molar-refractivity contribution in [1.82, 2.24) is 9.88 Å². The van der Waals surface area contributed by atoms with E-state index >= 15 is 0 Å². The summed E-state index contributed by atoms with van der Waals surface area (Å²) in [5.74, 6) is 0.258. The molecule has 3 aliphatic heterocycles. The number of benzene rings is 1. The van der Waals surface area contributed by atoms with Crippen molar-refractivity contribution < 1.29 is 14.3 Å². The number of methoxy groups -OCH3 is 1. The van der Waals surface area contributed by atoms with Crippen LogP contribution in [0, 0.1) is 11.8 Å². The Morgan fingerprint density at radius 1 is 1.33 bits per heavy atom. The number of carbonyl (C=O) groups is 1. The quantitative estimate of drug-likeness (QED) is 0.758. The minimum absolute atomic E-state index is 0. The molecule has 27 heavy (non-hydrogen) atoms. The summed E-state index contributed by atoms with van der Waals surface area (Å²) in [5.41, 5.74) is 4.69. The molecule has 2 unspecified atom stereocenters. The van der Waals surface area contributed by atoms with Crippen molar-refractivity contribution in [3.8, 4) is 0 Å². The molecule has 0 radical (unpaired) electrons. The van der Waals surface area contributed by atoms with Gasteiger partial charge in [-0.25, -0.2) is 4.79 Å². The monoisotopic (exact) mass is 388 g/mol. The number of halogens is 1. The maximum absolute atomic E-state index is 12.3. The summed E-state index contributed by atoms with van der Waals surface area (Å²) >= 11 is 0. The molecule has 2 aromatic rings. The molecule has 4 atom stereocenters. The highest BCUT2D eigenvalue weighted by Crippen LogP contribution is 2.47. The van der Waals surface area contributed by atoms with Crippen molar-refractivity contribution in [1.29, 1.82) is 0 Å². The molecule has 0 aliphatic carbocycles. The van der Waals surface area contributed by atoms with Gasteiger partial charge in [-0.1, -0.05) is 18.2 Å². The molecule has 1 aromatic carbocycles. The predicted octanol–water partition coefficient (Wildman–Crippen LogP) is 3.60. The lowest BCUT2D eigenvalue weighted by Crippen LogP contribution is -2.51. The third-order valence-electron chi connectivity index (χ3n) is 6.54. The van der Waals surface area contributed by atoms with E-state index in [1.807, 2.05) is 0 Å². The van der Waals surface area contributed by atoms with Crippen LogP contribution in [-0.2, 0) is 20.7 Å². The molecule has 1 aromatic heterocycles. The second-order valence-electron chi connectivity index (χ2n) is 7.74. The van der Waals surface area contributed by atoms with E-state index in [1.54, 1.807) is 6.26 Å². The Morgan fingerprint density at radius 3 is 2.96 bits per heavy atom. The summed E-state index contributed by atoms with van der Waals surface area (Å²) in [6.07, 6.45) is 3.77. The fourth-order valence-corrected chi connectivity index (χ4v) is 5.19. The summed E-state index contributed by atoms with van der Waals surface area (Å²) in [6.45, 7) is 4.13. The van der Waals surface area contributed by atoms with Gasteiger partial charge in [-0.05, 0) is 31.4 Å². The molecule has 1 fully saturated rings. The van der Waals surface area contributed by atoms with E-state index in [0.29, 0.717) is 17.5 Å². The first-order valence-corrected chi connectivity index (χ1v) is 9.44. The number of nitrogens with one attached hydrogen (secondary N) is 1. The van der Waals surface area contributed by atoms with Crippen LogP contribution in [0.4, 0.5) is 0 Å². The number of para-hydroxylation sites is 1. The van der Waals surface area contributed by atoms with Gasteiger partial charge in [0, 0.05) is 41.5 Å². The smallest absolute Gasteiger partial charge is 0.337 e. The van der Waals surface area contributed by atoms with E-state index < -0.39 is 0 Å². The zero-order valence-corrected chi connectivity index (χ0v) is 16.4. The summed E-state index contributed by atoms with van der Waals surface area (Å²) in [7, 11) is 1.45. The Hall–Kier alpha value is -1.98. The van der Waals surface area contributed by atoms with Gasteiger partial charge in [0.1, 0.15) is 0 Å². The van der Waals surface area contributed by atoms with E-state index in [1.165, 1.54) is 29.3 Å². The van der Waals surface area contributed by atoms with Crippen LogP contribution in [0.25, 0.3) is 10.9 Å². The number of H-pyrrole nitrogens is 1. The van der Waals surface area contributed by atoms with Crippen LogP contribution in [-0.4, -0.2) is 42.2 Å². The molecule has 0 amide bonds. The number of hydrogen-bond donors (Lipinski definition) is 1. The highest BCUT2D eigenvalue weighted by molar-refractivity contribution is 5.89. The van der Waals surface area contributed by atoms with Crippen LogP contribution in [0.1, 0.15) is 30.6 Å². The first-order chi connectivity index (χ1) is 12.7. The summed E-state index contributed by atoms with van der Waals surface area (Å²) < 4.78 is 10.8. The predicted molar refractivity (Wildman–Crippen MR) is 106 cm³/mol. The van der Waals surface area contributed by atoms with Gasteiger partial charge < -0.3 is 14.5 Å². The summed E-state index contributed by atoms with van der Waals surface area (Å²) in [5, 5.41) is 1.34. The largest absolute Gasteiger partial charge is 0.497 e. The number of rotatable bonds is 1. The normalized spacial score (nSPS) is 29.5. The zero-order valence-electron chi connectivity index (χ0n) is 15.6. The third-order valence-corrected chi connectivity index (χ3v) is 6.54. The summed E-state index contributed by atoms with van der Waals surface area (Å²) in [6, 6.07) is 8.88. The van der Waals surface area contributed by atoms with Crippen molar-refractivity contribution in [2.75, 3.05) is 20.2 Å². The lowest BCUT2D eigenvalue weighted by Gasteiger charge is -2.49.